The van der Waals surface area contributed by atoms with E-state index < -0.39 is 0 Å². The van der Waals surface area contributed by atoms with Crippen LogP contribution in [0, 0.1) is 0 Å². The third-order valence-corrected chi connectivity index (χ3v) is 4.55. The summed E-state index contributed by atoms with van der Waals surface area (Å²) in [5, 5.41) is 0. The summed E-state index contributed by atoms with van der Waals surface area (Å²) in [7, 11) is 0. The Morgan fingerprint density at radius 3 is 2.04 bits per heavy atom. The Kier molecular flexibility index (Phi) is 4.43. The van der Waals surface area contributed by atoms with Gasteiger partial charge in [0.2, 0.25) is 5.91 Å². The van der Waals surface area contributed by atoms with E-state index in [9.17, 15) is 14.4 Å². The van der Waals surface area contributed by atoms with Gasteiger partial charge in [-0.1, -0.05) is 12.1 Å². The normalized spacial score (nSPS) is 18.5. The van der Waals surface area contributed by atoms with E-state index in [-0.39, 0.29) is 17.7 Å². The zero-order valence-electron chi connectivity index (χ0n) is 13.3. The molecule has 1 fully saturated rings. The topological polar surface area (TPSA) is 60.9 Å². The maximum Gasteiger partial charge on any atom is 0.261 e. The van der Waals surface area contributed by atoms with E-state index in [0.717, 1.165) is 39.1 Å². The summed E-state index contributed by atoms with van der Waals surface area (Å²) in [4.78, 5) is 41.3. The number of rotatable bonds is 4. The highest BCUT2D eigenvalue weighted by Crippen LogP contribution is 2.22. The van der Waals surface area contributed by atoms with E-state index in [1.807, 2.05) is 4.90 Å². The minimum atomic E-state index is -0.188. The Morgan fingerprint density at radius 2 is 1.52 bits per heavy atom. The number of amides is 3. The second-order valence-electron chi connectivity index (χ2n) is 6.01. The number of piperazine rings is 1. The van der Waals surface area contributed by atoms with Gasteiger partial charge < -0.3 is 4.90 Å². The molecule has 0 N–H and O–H groups in total. The minimum absolute atomic E-state index is 0.121. The van der Waals surface area contributed by atoms with Gasteiger partial charge in [0.25, 0.3) is 11.8 Å². The maximum atomic E-state index is 12.3. The highest BCUT2D eigenvalue weighted by Gasteiger charge is 2.34. The summed E-state index contributed by atoms with van der Waals surface area (Å²) < 4.78 is 0. The lowest BCUT2D eigenvalue weighted by Gasteiger charge is -2.34. The Morgan fingerprint density at radius 1 is 0.957 bits per heavy atom. The molecule has 0 saturated carbocycles. The van der Waals surface area contributed by atoms with E-state index in [4.69, 9.17) is 0 Å². The van der Waals surface area contributed by atoms with Gasteiger partial charge in [0.15, 0.2) is 0 Å². The van der Waals surface area contributed by atoms with Crippen LogP contribution in [0.15, 0.2) is 24.3 Å². The molecule has 3 rings (SSSR count). The van der Waals surface area contributed by atoms with Crippen molar-refractivity contribution in [2.45, 2.75) is 13.3 Å². The molecule has 0 unspecified atom stereocenters. The zero-order chi connectivity index (χ0) is 16.4. The van der Waals surface area contributed by atoms with Crippen molar-refractivity contribution in [3.63, 3.8) is 0 Å². The van der Waals surface area contributed by atoms with Crippen LogP contribution < -0.4 is 0 Å². The lowest BCUT2D eigenvalue weighted by Crippen LogP contribution is -2.48. The fraction of sp³-hybridized carbons (Fsp3) is 0.471. The Bertz CT molecular complexity index is 601. The van der Waals surface area contributed by atoms with Gasteiger partial charge >= 0.3 is 0 Å². The van der Waals surface area contributed by atoms with Gasteiger partial charge in [0.05, 0.1) is 11.1 Å². The standard InChI is InChI=1S/C17H21N3O3/c1-13(21)19-11-9-18(10-12-19)7-4-8-20-16(22)14-5-2-3-6-15(14)17(20)23/h2-3,5-6H,4,7-12H2,1H3. The van der Waals surface area contributed by atoms with Gasteiger partial charge in [0.1, 0.15) is 0 Å². The van der Waals surface area contributed by atoms with Crippen molar-refractivity contribution in [2.24, 2.45) is 0 Å². The van der Waals surface area contributed by atoms with Crippen molar-refractivity contribution in [2.75, 3.05) is 39.3 Å². The highest BCUT2D eigenvalue weighted by atomic mass is 16.2. The van der Waals surface area contributed by atoms with Crippen molar-refractivity contribution in [1.29, 1.82) is 0 Å². The lowest BCUT2D eigenvalue weighted by atomic mass is 10.1. The predicted molar refractivity (Wildman–Crippen MR) is 85.1 cm³/mol. The summed E-state index contributed by atoms with van der Waals surface area (Å²) in [5.41, 5.74) is 1.01. The second-order valence-corrected chi connectivity index (χ2v) is 6.01. The Labute approximate surface area is 135 Å². The first kappa shape index (κ1) is 15.7. The number of carbonyl (C=O) groups excluding carboxylic acids is 3. The van der Waals surface area contributed by atoms with Gasteiger partial charge in [0, 0.05) is 39.6 Å². The second kappa shape index (κ2) is 6.50. The Balaban J connectivity index is 1.48. The van der Waals surface area contributed by atoms with E-state index in [1.54, 1.807) is 31.2 Å². The van der Waals surface area contributed by atoms with Crippen LogP contribution in [0.4, 0.5) is 0 Å². The van der Waals surface area contributed by atoms with Crippen LogP contribution in [-0.4, -0.2) is 71.7 Å². The number of benzene rings is 1. The van der Waals surface area contributed by atoms with Crippen molar-refractivity contribution < 1.29 is 14.4 Å². The molecule has 1 saturated heterocycles. The molecule has 2 aliphatic rings. The summed E-state index contributed by atoms with van der Waals surface area (Å²) >= 11 is 0. The molecule has 2 aliphatic heterocycles. The molecule has 1 aromatic carbocycles. The minimum Gasteiger partial charge on any atom is -0.340 e. The van der Waals surface area contributed by atoms with Gasteiger partial charge in [-0.2, -0.15) is 0 Å². The molecule has 0 aliphatic carbocycles. The molecule has 6 heteroatoms. The van der Waals surface area contributed by atoms with Gasteiger partial charge in [-0.3, -0.25) is 24.2 Å². The molecule has 6 nitrogen and oxygen atoms in total. The molecule has 0 aromatic heterocycles. The average molecular weight is 315 g/mol. The van der Waals surface area contributed by atoms with Gasteiger partial charge in [-0.25, -0.2) is 0 Å². The molecule has 23 heavy (non-hydrogen) atoms. The molecule has 3 amide bonds. The van der Waals surface area contributed by atoms with Crippen LogP contribution in [-0.2, 0) is 4.79 Å². The number of imide groups is 1. The summed E-state index contributed by atoms with van der Waals surface area (Å²) in [6.07, 6.45) is 0.755. The monoisotopic (exact) mass is 315 g/mol. The SMILES string of the molecule is CC(=O)N1CCN(CCCN2C(=O)c3ccccc3C2=O)CC1. The lowest BCUT2D eigenvalue weighted by molar-refractivity contribution is -0.130. The van der Waals surface area contributed by atoms with E-state index in [2.05, 4.69) is 4.90 Å². The number of carbonyl (C=O) groups is 3. The molecule has 1 aromatic rings. The van der Waals surface area contributed by atoms with Crippen LogP contribution in [0.25, 0.3) is 0 Å². The maximum absolute atomic E-state index is 12.3. The van der Waals surface area contributed by atoms with E-state index in [0.29, 0.717) is 17.7 Å². The van der Waals surface area contributed by atoms with Gasteiger partial charge in [-0.05, 0) is 25.1 Å². The first-order valence-electron chi connectivity index (χ1n) is 8.01. The molecular formula is C17H21N3O3. The Hall–Kier alpha value is -2.21. The van der Waals surface area contributed by atoms with E-state index >= 15 is 0 Å². The van der Waals surface area contributed by atoms with Crippen LogP contribution in [0.1, 0.15) is 34.1 Å². The van der Waals surface area contributed by atoms with E-state index in [1.165, 1.54) is 4.90 Å². The highest BCUT2D eigenvalue weighted by molar-refractivity contribution is 6.21. The van der Waals surface area contributed by atoms with Gasteiger partial charge in [-0.15, -0.1) is 0 Å². The quantitative estimate of drug-likeness (QED) is 0.773. The third kappa shape index (κ3) is 3.12. The van der Waals surface area contributed by atoms with Crippen molar-refractivity contribution in [3.05, 3.63) is 35.4 Å². The molecule has 0 atom stereocenters. The van der Waals surface area contributed by atoms with Crippen molar-refractivity contribution >= 4 is 17.7 Å². The summed E-state index contributed by atoms with van der Waals surface area (Å²) in [5.74, 6) is -0.255. The molecular weight excluding hydrogens is 294 g/mol. The largest absolute Gasteiger partial charge is 0.340 e. The zero-order valence-corrected chi connectivity index (χ0v) is 13.3. The average Bonchev–Trinajstić information content (AvgIpc) is 2.81. The number of fused-ring (bicyclic) bond motifs is 1. The van der Waals surface area contributed by atoms with Crippen LogP contribution >= 0.6 is 0 Å². The summed E-state index contributed by atoms with van der Waals surface area (Å²) in [6, 6.07) is 6.97. The smallest absolute Gasteiger partial charge is 0.261 e. The first-order valence-corrected chi connectivity index (χ1v) is 8.01. The third-order valence-electron chi connectivity index (χ3n) is 4.55. The van der Waals surface area contributed by atoms with Crippen LogP contribution in [0.2, 0.25) is 0 Å². The van der Waals surface area contributed by atoms with Crippen molar-refractivity contribution in [3.8, 4) is 0 Å². The first-order chi connectivity index (χ1) is 11.1. The number of hydrogen-bond donors (Lipinski definition) is 0. The van der Waals surface area contributed by atoms with Crippen LogP contribution in [0.5, 0.6) is 0 Å². The molecule has 122 valence electrons. The molecule has 2 heterocycles. The predicted octanol–water partition coefficient (Wildman–Crippen LogP) is 0.837. The fourth-order valence-corrected chi connectivity index (χ4v) is 3.18. The molecule has 0 bridgehead atoms. The van der Waals surface area contributed by atoms with Crippen LogP contribution in [0.3, 0.4) is 0 Å². The number of nitrogens with zero attached hydrogens (tertiary/aromatic N) is 3. The van der Waals surface area contributed by atoms with Crippen molar-refractivity contribution in [1.82, 2.24) is 14.7 Å². The number of hydrogen-bond acceptors (Lipinski definition) is 4. The molecule has 0 spiro atoms. The molecule has 0 radical (unpaired) electrons. The summed E-state index contributed by atoms with van der Waals surface area (Å²) in [6.45, 7) is 6.07. The fourth-order valence-electron chi connectivity index (χ4n) is 3.18.